The van der Waals surface area contributed by atoms with Crippen molar-refractivity contribution >= 4 is 11.6 Å². The number of halogens is 3. The third-order valence-electron chi connectivity index (χ3n) is 4.49. The topological polar surface area (TPSA) is 3.24 Å². The number of hydrogen-bond acceptors (Lipinski definition) is 1. The zero-order valence-corrected chi connectivity index (χ0v) is 14.5. The summed E-state index contributed by atoms with van der Waals surface area (Å²) < 4.78 is 28.9. The van der Waals surface area contributed by atoms with Crippen LogP contribution < -0.4 is 0 Å². The van der Waals surface area contributed by atoms with Crippen molar-refractivity contribution in [3.05, 3.63) is 34.6 Å². The molecule has 1 saturated heterocycles. The quantitative estimate of drug-likeness (QED) is 0.728. The first-order chi connectivity index (χ1) is 10.2. The third-order valence-corrected chi connectivity index (χ3v) is 4.84. The van der Waals surface area contributed by atoms with Crippen LogP contribution in [0.15, 0.2) is 18.2 Å². The van der Waals surface area contributed by atoms with Crippen LogP contribution in [0.1, 0.15) is 45.6 Å². The summed E-state index contributed by atoms with van der Waals surface area (Å²) in [6.45, 7) is 9.13. The monoisotopic (exact) mass is 329 g/mol. The highest BCUT2D eigenvalue weighted by atomic mass is 35.5. The second-order valence-corrected chi connectivity index (χ2v) is 8.09. The molecule has 0 N–H and O–H groups in total. The van der Waals surface area contributed by atoms with Gasteiger partial charge in [0.15, 0.2) is 0 Å². The minimum absolute atomic E-state index is 0.0750. The van der Waals surface area contributed by atoms with E-state index in [-0.39, 0.29) is 6.42 Å². The second-order valence-electron chi connectivity index (χ2n) is 7.68. The van der Waals surface area contributed by atoms with Crippen LogP contribution in [0, 0.1) is 11.2 Å². The fourth-order valence-corrected chi connectivity index (χ4v) is 3.10. The molecule has 0 radical (unpaired) electrons. The molecule has 2 rings (SSSR count). The minimum Gasteiger partial charge on any atom is -0.303 e. The van der Waals surface area contributed by atoms with Crippen molar-refractivity contribution in [1.29, 1.82) is 0 Å². The van der Waals surface area contributed by atoms with E-state index in [0.717, 1.165) is 26.1 Å². The van der Waals surface area contributed by atoms with Crippen LogP contribution in [0.25, 0.3) is 0 Å². The first-order valence-corrected chi connectivity index (χ1v) is 8.41. The Morgan fingerprint density at radius 2 is 1.86 bits per heavy atom. The highest BCUT2D eigenvalue weighted by molar-refractivity contribution is 6.31. The number of alkyl halides is 1. The van der Waals surface area contributed by atoms with E-state index in [9.17, 15) is 4.39 Å². The number of nitrogens with zero attached hydrogens (tertiary/aromatic N) is 1. The molecule has 0 spiro atoms. The Labute approximate surface area is 137 Å². The molecule has 124 valence electrons. The standard InChI is InChI=1S/C18H26ClF2N/c1-17(2,3)7-10-22-11-8-18(21,9-12-22)13-14-15(19)5-4-6-16(14)20/h4-6H,7-13H2,1-3H3. The maximum Gasteiger partial charge on any atom is 0.128 e. The summed E-state index contributed by atoms with van der Waals surface area (Å²) in [5, 5.41) is 0.326. The van der Waals surface area contributed by atoms with Crippen LogP contribution in [-0.2, 0) is 6.42 Å². The van der Waals surface area contributed by atoms with E-state index in [1.165, 1.54) is 6.07 Å². The van der Waals surface area contributed by atoms with Gasteiger partial charge in [0.2, 0.25) is 0 Å². The van der Waals surface area contributed by atoms with Crippen LogP contribution in [0.4, 0.5) is 8.78 Å². The molecule has 0 unspecified atom stereocenters. The molecule has 0 atom stereocenters. The van der Waals surface area contributed by atoms with Gasteiger partial charge in [0, 0.05) is 30.1 Å². The lowest BCUT2D eigenvalue weighted by Gasteiger charge is -2.37. The van der Waals surface area contributed by atoms with Gasteiger partial charge in [-0.25, -0.2) is 8.78 Å². The van der Waals surface area contributed by atoms with Gasteiger partial charge in [0.05, 0.1) is 0 Å². The van der Waals surface area contributed by atoms with E-state index >= 15 is 4.39 Å². The van der Waals surface area contributed by atoms with Gasteiger partial charge in [-0.3, -0.25) is 0 Å². The molecule has 0 aliphatic carbocycles. The highest BCUT2D eigenvalue weighted by Crippen LogP contribution is 2.34. The summed E-state index contributed by atoms with van der Waals surface area (Å²) in [7, 11) is 0. The van der Waals surface area contributed by atoms with Crippen LogP contribution in [0.5, 0.6) is 0 Å². The Hall–Kier alpha value is -0.670. The molecule has 1 fully saturated rings. The Morgan fingerprint density at radius 3 is 2.41 bits per heavy atom. The molecule has 4 heteroatoms. The largest absolute Gasteiger partial charge is 0.303 e. The zero-order valence-electron chi connectivity index (χ0n) is 13.8. The summed E-state index contributed by atoms with van der Waals surface area (Å²) in [6.07, 6.45) is 2.07. The van der Waals surface area contributed by atoms with Crippen LogP contribution in [0.3, 0.4) is 0 Å². The Bertz CT molecular complexity index is 482. The summed E-state index contributed by atoms with van der Waals surface area (Å²) in [6, 6.07) is 4.53. The lowest BCUT2D eigenvalue weighted by Crippen LogP contribution is -2.44. The first-order valence-electron chi connectivity index (χ1n) is 8.03. The average molecular weight is 330 g/mol. The third kappa shape index (κ3) is 4.92. The fourth-order valence-electron chi connectivity index (χ4n) is 2.87. The molecule has 0 aromatic heterocycles. The molecule has 1 aliphatic heterocycles. The van der Waals surface area contributed by atoms with Gasteiger partial charge in [0.25, 0.3) is 0 Å². The molecule has 1 aliphatic rings. The molecule has 1 aromatic rings. The number of piperidine rings is 1. The number of benzene rings is 1. The molecular formula is C18H26ClF2N. The first kappa shape index (κ1) is 17.7. The van der Waals surface area contributed by atoms with E-state index in [1.54, 1.807) is 12.1 Å². The second kappa shape index (κ2) is 6.84. The molecule has 0 saturated carbocycles. The lowest BCUT2D eigenvalue weighted by atomic mass is 9.86. The van der Waals surface area contributed by atoms with Gasteiger partial charge in [-0.15, -0.1) is 0 Å². The van der Waals surface area contributed by atoms with Gasteiger partial charge in [-0.05, 0) is 43.4 Å². The van der Waals surface area contributed by atoms with Crippen LogP contribution >= 0.6 is 11.6 Å². The van der Waals surface area contributed by atoms with E-state index < -0.39 is 11.5 Å². The van der Waals surface area contributed by atoms with E-state index in [1.807, 2.05) is 0 Å². The van der Waals surface area contributed by atoms with Crippen molar-refractivity contribution in [3.63, 3.8) is 0 Å². The van der Waals surface area contributed by atoms with Crippen LogP contribution in [-0.4, -0.2) is 30.2 Å². The summed E-state index contributed by atoms with van der Waals surface area (Å²) in [4.78, 5) is 2.31. The summed E-state index contributed by atoms with van der Waals surface area (Å²) in [5.74, 6) is -0.403. The molecule has 1 heterocycles. The van der Waals surface area contributed by atoms with Crippen molar-refractivity contribution < 1.29 is 8.78 Å². The normalized spacial score (nSPS) is 19.4. The number of rotatable bonds is 4. The fraction of sp³-hybridized carbons (Fsp3) is 0.667. The number of likely N-dealkylation sites (tertiary alicyclic amines) is 1. The maximum atomic E-state index is 15.0. The zero-order chi connectivity index (χ0) is 16.4. The van der Waals surface area contributed by atoms with Gasteiger partial charge in [-0.1, -0.05) is 38.4 Å². The van der Waals surface area contributed by atoms with E-state index in [2.05, 4.69) is 25.7 Å². The maximum absolute atomic E-state index is 15.0. The van der Waals surface area contributed by atoms with Gasteiger partial charge >= 0.3 is 0 Å². The molecule has 22 heavy (non-hydrogen) atoms. The molecular weight excluding hydrogens is 304 g/mol. The SMILES string of the molecule is CC(C)(C)CCN1CCC(F)(Cc2c(F)cccc2Cl)CC1. The summed E-state index contributed by atoms with van der Waals surface area (Å²) >= 11 is 6.02. The molecule has 1 aromatic carbocycles. The summed E-state index contributed by atoms with van der Waals surface area (Å²) in [5.41, 5.74) is -0.732. The Morgan fingerprint density at radius 1 is 1.23 bits per heavy atom. The van der Waals surface area contributed by atoms with Crippen molar-refractivity contribution in [1.82, 2.24) is 4.90 Å². The highest BCUT2D eigenvalue weighted by Gasteiger charge is 2.36. The average Bonchev–Trinajstić information content (AvgIpc) is 2.42. The van der Waals surface area contributed by atoms with Gasteiger partial charge < -0.3 is 4.90 Å². The Balaban J connectivity index is 1.92. The van der Waals surface area contributed by atoms with Gasteiger partial charge in [0.1, 0.15) is 11.5 Å². The number of hydrogen-bond donors (Lipinski definition) is 0. The van der Waals surface area contributed by atoms with Crippen molar-refractivity contribution in [3.8, 4) is 0 Å². The molecule has 0 amide bonds. The molecule has 1 nitrogen and oxygen atoms in total. The van der Waals surface area contributed by atoms with Gasteiger partial charge in [-0.2, -0.15) is 0 Å². The Kier molecular flexibility index (Phi) is 5.50. The van der Waals surface area contributed by atoms with Crippen molar-refractivity contribution in [2.45, 2.75) is 52.1 Å². The molecule has 0 bridgehead atoms. The van der Waals surface area contributed by atoms with Crippen LogP contribution in [0.2, 0.25) is 5.02 Å². The van der Waals surface area contributed by atoms with Crippen molar-refractivity contribution in [2.24, 2.45) is 5.41 Å². The van der Waals surface area contributed by atoms with Crippen molar-refractivity contribution in [2.75, 3.05) is 19.6 Å². The predicted octanol–water partition coefficient (Wildman–Crippen LogP) is 5.26. The minimum atomic E-state index is -1.34. The van der Waals surface area contributed by atoms with E-state index in [0.29, 0.717) is 28.8 Å². The smallest absolute Gasteiger partial charge is 0.128 e. The lowest BCUT2D eigenvalue weighted by molar-refractivity contribution is 0.0534. The predicted molar refractivity (Wildman–Crippen MR) is 88.7 cm³/mol. The van der Waals surface area contributed by atoms with E-state index in [4.69, 9.17) is 11.6 Å².